The van der Waals surface area contributed by atoms with Crippen molar-refractivity contribution in [2.24, 2.45) is 14.1 Å². The van der Waals surface area contributed by atoms with Crippen molar-refractivity contribution in [3.05, 3.63) is 62.4 Å². The van der Waals surface area contributed by atoms with Crippen molar-refractivity contribution in [3.8, 4) is 0 Å². The van der Waals surface area contributed by atoms with Gasteiger partial charge in [0.25, 0.3) is 0 Å². The predicted octanol–water partition coefficient (Wildman–Crippen LogP) is 0.572. The van der Waals surface area contributed by atoms with E-state index in [1.165, 1.54) is 18.7 Å². The molecule has 23 heavy (non-hydrogen) atoms. The molecule has 0 aliphatic carbocycles. The van der Waals surface area contributed by atoms with Gasteiger partial charge in [-0.05, 0) is 11.5 Å². The number of hydrogen-bond acceptors (Lipinski definition) is 4. The molecule has 0 aliphatic rings. The van der Waals surface area contributed by atoms with Gasteiger partial charge in [0.2, 0.25) is 11.2 Å². The molecular weight excluding hydrogens is 296 g/mol. The Morgan fingerprint density at radius 1 is 1.04 bits per heavy atom. The zero-order chi connectivity index (χ0) is 16.3. The molecule has 2 aromatic heterocycles. The summed E-state index contributed by atoms with van der Waals surface area (Å²) in [6.07, 6.45) is 0. The van der Waals surface area contributed by atoms with Crippen LogP contribution in [0.2, 0.25) is 0 Å². The van der Waals surface area contributed by atoms with Crippen LogP contribution in [0.15, 0.2) is 46.0 Å². The Kier molecular flexibility index (Phi) is 2.57. The van der Waals surface area contributed by atoms with E-state index in [1.54, 1.807) is 6.07 Å². The van der Waals surface area contributed by atoms with E-state index in [9.17, 15) is 14.8 Å². The van der Waals surface area contributed by atoms with Gasteiger partial charge in [-0.2, -0.15) is 4.73 Å². The summed E-state index contributed by atoms with van der Waals surface area (Å²) in [5.74, 6) is 0. The minimum absolute atomic E-state index is 0.0805. The molecule has 0 saturated carbocycles. The maximum Gasteiger partial charge on any atom is 0.332 e. The van der Waals surface area contributed by atoms with Crippen molar-refractivity contribution < 1.29 is 4.73 Å². The molecule has 0 N–H and O–H groups in total. The molecule has 0 atom stereocenters. The lowest BCUT2D eigenvalue weighted by atomic mass is 10.1. The normalized spacial score (nSPS) is 11.6. The third-order valence-corrected chi connectivity index (χ3v) is 4.13. The highest BCUT2D eigenvalue weighted by Gasteiger charge is 2.21. The topological polar surface area (TPSA) is 83.8 Å². The Balaban J connectivity index is 2.39. The Hall–Kier alpha value is -3.22. The zero-order valence-corrected chi connectivity index (χ0v) is 12.5. The number of nitrogens with zero attached hydrogens (tertiary/aromatic N) is 4. The minimum atomic E-state index is -0.652. The van der Waals surface area contributed by atoms with E-state index in [4.69, 9.17) is 0 Å². The summed E-state index contributed by atoms with van der Waals surface area (Å²) in [5, 5.41) is 14.4. The van der Waals surface area contributed by atoms with Crippen molar-refractivity contribution in [2.45, 2.75) is 0 Å². The minimum Gasteiger partial charge on any atom is -0.618 e. The molecule has 0 amide bonds. The molecule has 0 radical (unpaired) electrons. The average Bonchev–Trinajstić information content (AvgIpc) is 2.57. The molecule has 0 saturated heterocycles. The Bertz CT molecular complexity index is 1240. The van der Waals surface area contributed by atoms with Gasteiger partial charge in [0.05, 0.1) is 0 Å². The molecule has 7 nitrogen and oxygen atoms in total. The Morgan fingerprint density at radius 2 is 1.78 bits per heavy atom. The van der Waals surface area contributed by atoms with E-state index < -0.39 is 11.2 Å². The molecule has 7 heteroatoms. The summed E-state index contributed by atoms with van der Waals surface area (Å²) >= 11 is 0. The standard InChI is InChI=1S/C16H12N4O3/c1-18-14-13(15(21)19(2)16(18)22)20(23)11-8-7-9-5-3-4-6-10(9)12(11)17-14/h3-8H,1-2H3. The summed E-state index contributed by atoms with van der Waals surface area (Å²) < 4.78 is 2.68. The summed E-state index contributed by atoms with van der Waals surface area (Å²) in [6, 6.07) is 11.0. The van der Waals surface area contributed by atoms with E-state index in [0.29, 0.717) is 15.8 Å². The van der Waals surface area contributed by atoms with Crippen LogP contribution in [0, 0.1) is 5.21 Å². The van der Waals surface area contributed by atoms with Crippen molar-refractivity contribution >= 4 is 33.0 Å². The van der Waals surface area contributed by atoms with Crippen molar-refractivity contribution in [1.82, 2.24) is 14.1 Å². The average molecular weight is 308 g/mol. The maximum absolute atomic E-state index is 12.7. The number of aryl methyl sites for hydroxylation is 1. The molecule has 0 fully saturated rings. The van der Waals surface area contributed by atoms with Crippen molar-refractivity contribution in [3.63, 3.8) is 0 Å². The number of hydrogen-bond donors (Lipinski definition) is 0. The van der Waals surface area contributed by atoms with Gasteiger partial charge in [-0.15, -0.1) is 0 Å². The lowest BCUT2D eigenvalue weighted by Gasteiger charge is -2.10. The summed E-state index contributed by atoms with van der Waals surface area (Å²) in [4.78, 5) is 28.9. The van der Waals surface area contributed by atoms with Crippen LogP contribution in [-0.2, 0) is 14.1 Å². The zero-order valence-electron chi connectivity index (χ0n) is 12.5. The van der Waals surface area contributed by atoms with Crippen molar-refractivity contribution in [2.75, 3.05) is 0 Å². The first-order chi connectivity index (χ1) is 11.0. The fourth-order valence-corrected chi connectivity index (χ4v) is 2.87. The van der Waals surface area contributed by atoms with E-state index in [2.05, 4.69) is 4.98 Å². The first-order valence-corrected chi connectivity index (χ1v) is 7.01. The molecule has 0 spiro atoms. The monoisotopic (exact) mass is 308 g/mol. The molecule has 4 rings (SSSR count). The highest BCUT2D eigenvalue weighted by Crippen LogP contribution is 2.22. The van der Waals surface area contributed by atoms with E-state index in [0.717, 1.165) is 15.3 Å². The number of fused-ring (bicyclic) bond motifs is 4. The summed E-state index contributed by atoms with van der Waals surface area (Å²) in [6.45, 7) is 0. The first-order valence-electron chi connectivity index (χ1n) is 7.01. The molecule has 2 aromatic carbocycles. The Morgan fingerprint density at radius 3 is 2.57 bits per heavy atom. The van der Waals surface area contributed by atoms with E-state index >= 15 is 0 Å². The van der Waals surface area contributed by atoms with Gasteiger partial charge in [0, 0.05) is 25.5 Å². The Labute approximate surface area is 129 Å². The summed E-state index contributed by atoms with van der Waals surface area (Å²) in [7, 11) is 2.84. The quantitative estimate of drug-likeness (QED) is 0.206. The first kappa shape index (κ1) is 13.4. The van der Waals surface area contributed by atoms with Crippen LogP contribution < -0.4 is 16.0 Å². The van der Waals surface area contributed by atoms with Gasteiger partial charge in [-0.3, -0.25) is 13.9 Å². The second-order valence-corrected chi connectivity index (χ2v) is 5.44. The molecular formula is C16H12N4O3. The fraction of sp³-hybridized carbons (Fsp3) is 0.125. The van der Waals surface area contributed by atoms with Crippen molar-refractivity contribution in [1.29, 1.82) is 0 Å². The molecule has 0 bridgehead atoms. The van der Waals surface area contributed by atoms with E-state index in [-0.39, 0.29) is 11.2 Å². The largest absolute Gasteiger partial charge is 0.618 e. The maximum atomic E-state index is 12.7. The molecule has 0 aliphatic heterocycles. The van der Waals surface area contributed by atoms with Gasteiger partial charge in [0.15, 0.2) is 0 Å². The van der Waals surface area contributed by atoms with Gasteiger partial charge in [0.1, 0.15) is 5.52 Å². The lowest BCUT2D eigenvalue weighted by Crippen LogP contribution is -2.44. The fourth-order valence-electron chi connectivity index (χ4n) is 2.87. The molecule has 0 unspecified atom stereocenters. The van der Waals surface area contributed by atoms with Crippen LogP contribution in [0.1, 0.15) is 0 Å². The molecule has 114 valence electrons. The van der Waals surface area contributed by atoms with Crippen LogP contribution >= 0.6 is 0 Å². The summed E-state index contributed by atoms with van der Waals surface area (Å²) in [5.41, 5.74) is -0.467. The predicted molar refractivity (Wildman–Crippen MR) is 86.2 cm³/mol. The SMILES string of the molecule is Cn1c(=O)c2c(nc3c4ccccc4ccc3[n+]2[O-])n(C)c1=O. The lowest BCUT2D eigenvalue weighted by molar-refractivity contribution is -0.549. The number of aromatic nitrogens is 4. The molecule has 2 heterocycles. The van der Waals surface area contributed by atoms with Crippen LogP contribution in [0.4, 0.5) is 0 Å². The van der Waals surface area contributed by atoms with Crippen LogP contribution in [0.25, 0.3) is 33.0 Å². The smallest absolute Gasteiger partial charge is 0.332 e. The second-order valence-electron chi connectivity index (χ2n) is 5.44. The third-order valence-electron chi connectivity index (χ3n) is 4.13. The highest BCUT2D eigenvalue weighted by atomic mass is 16.5. The molecule has 4 aromatic rings. The van der Waals surface area contributed by atoms with Crippen LogP contribution in [0.3, 0.4) is 0 Å². The van der Waals surface area contributed by atoms with Gasteiger partial charge < -0.3 is 5.21 Å². The van der Waals surface area contributed by atoms with Crippen LogP contribution in [0.5, 0.6) is 0 Å². The number of benzene rings is 2. The second kappa shape index (κ2) is 4.39. The van der Waals surface area contributed by atoms with Gasteiger partial charge in [-0.25, -0.2) is 9.78 Å². The van der Waals surface area contributed by atoms with Gasteiger partial charge >= 0.3 is 16.8 Å². The number of rotatable bonds is 0. The third kappa shape index (κ3) is 1.64. The van der Waals surface area contributed by atoms with E-state index in [1.807, 2.05) is 30.3 Å². The van der Waals surface area contributed by atoms with Crippen LogP contribution in [-0.4, -0.2) is 14.1 Å². The highest BCUT2D eigenvalue weighted by molar-refractivity contribution is 6.04. The van der Waals surface area contributed by atoms with Gasteiger partial charge in [-0.1, -0.05) is 24.3 Å².